The summed E-state index contributed by atoms with van der Waals surface area (Å²) in [4.78, 5) is 12.6. The Labute approximate surface area is 208 Å². The van der Waals surface area contributed by atoms with E-state index in [1.807, 2.05) is 44.2 Å². The molecule has 0 saturated carbocycles. The van der Waals surface area contributed by atoms with E-state index in [-0.39, 0.29) is 12.5 Å². The number of amides is 1. The number of anilines is 1. The van der Waals surface area contributed by atoms with Crippen molar-refractivity contribution in [2.45, 2.75) is 50.4 Å². The van der Waals surface area contributed by atoms with Crippen LogP contribution in [0.25, 0.3) is 11.1 Å². The summed E-state index contributed by atoms with van der Waals surface area (Å²) in [5, 5.41) is 35.1. The highest BCUT2D eigenvalue weighted by atomic mass is 19.1. The summed E-state index contributed by atoms with van der Waals surface area (Å²) in [5.74, 6) is -0.344. The highest BCUT2D eigenvalue weighted by Gasteiger charge is 2.42. The fraction of sp³-hybridized carbons (Fsp3) is 0.370. The summed E-state index contributed by atoms with van der Waals surface area (Å²) >= 11 is 0. The molecule has 36 heavy (non-hydrogen) atoms. The van der Waals surface area contributed by atoms with Gasteiger partial charge in [0.1, 0.15) is 35.5 Å². The topological polar surface area (TPSA) is 120 Å². The summed E-state index contributed by atoms with van der Waals surface area (Å²) in [5.41, 5.74) is 3.49. The molecule has 3 aliphatic rings. The number of ether oxygens (including phenoxy) is 2. The van der Waals surface area contributed by atoms with Crippen molar-refractivity contribution in [3.05, 3.63) is 76.8 Å². The van der Waals surface area contributed by atoms with E-state index in [1.165, 1.54) is 12.1 Å². The van der Waals surface area contributed by atoms with Gasteiger partial charge < -0.3 is 35.4 Å². The molecule has 2 aromatic rings. The number of aliphatic hydroxyl groups excluding tert-OH is 3. The second-order valence-corrected chi connectivity index (χ2v) is 9.76. The first-order valence-corrected chi connectivity index (χ1v) is 11.9. The standard InChI is InChI=1S/C27H29FN2O6/c1-27(2)18(10-20(36-27)23-17-9-16(28)7-8-19(17)30-26(23)34)15-5-3-14(4-6-15)11-29-12-21-24(32)25(33)22(13-31)35-21/h3-10,21-22,24-25,29,31-33H,11-13H2,1-2H3,(H,30,34)/t21-,22-,24-,25-/m1/s1. The third-order valence-corrected chi connectivity index (χ3v) is 6.84. The zero-order chi connectivity index (χ0) is 25.6. The molecule has 0 unspecified atom stereocenters. The Hall–Kier alpha value is -3.08. The third kappa shape index (κ3) is 4.44. The summed E-state index contributed by atoms with van der Waals surface area (Å²) in [6, 6.07) is 12.1. The van der Waals surface area contributed by atoms with Crippen LogP contribution in [-0.2, 0) is 20.8 Å². The van der Waals surface area contributed by atoms with Crippen LogP contribution in [0.1, 0.15) is 30.5 Å². The first-order valence-electron chi connectivity index (χ1n) is 11.9. The van der Waals surface area contributed by atoms with Gasteiger partial charge in [-0.1, -0.05) is 24.3 Å². The molecule has 1 amide bonds. The Morgan fingerprint density at radius 2 is 1.81 bits per heavy atom. The maximum atomic E-state index is 13.9. The first kappa shape index (κ1) is 24.6. The molecule has 3 heterocycles. The van der Waals surface area contributed by atoms with Gasteiger partial charge in [0, 0.05) is 29.9 Å². The van der Waals surface area contributed by atoms with Crippen LogP contribution in [0.15, 0.2) is 54.3 Å². The lowest BCUT2D eigenvalue weighted by molar-refractivity contribution is -0.111. The van der Waals surface area contributed by atoms with Gasteiger partial charge in [-0.25, -0.2) is 4.39 Å². The van der Waals surface area contributed by atoms with E-state index < -0.39 is 35.8 Å². The minimum Gasteiger partial charge on any atom is -0.482 e. The van der Waals surface area contributed by atoms with Crippen molar-refractivity contribution in [2.24, 2.45) is 0 Å². The molecule has 0 radical (unpaired) electrons. The number of fused-ring (bicyclic) bond motifs is 1. The minimum atomic E-state index is -1.10. The van der Waals surface area contributed by atoms with Crippen LogP contribution >= 0.6 is 0 Å². The highest BCUT2D eigenvalue weighted by Crippen LogP contribution is 2.44. The van der Waals surface area contributed by atoms with Gasteiger partial charge in [-0.05, 0) is 49.2 Å². The second-order valence-electron chi connectivity index (χ2n) is 9.76. The summed E-state index contributed by atoms with van der Waals surface area (Å²) < 4.78 is 25.5. The van der Waals surface area contributed by atoms with Crippen LogP contribution in [0.5, 0.6) is 0 Å². The van der Waals surface area contributed by atoms with Crippen LogP contribution < -0.4 is 10.6 Å². The molecule has 1 saturated heterocycles. The van der Waals surface area contributed by atoms with E-state index in [9.17, 15) is 24.5 Å². The van der Waals surface area contributed by atoms with Gasteiger partial charge in [-0.3, -0.25) is 4.79 Å². The number of benzene rings is 2. The van der Waals surface area contributed by atoms with Gasteiger partial charge in [0.05, 0.1) is 18.3 Å². The van der Waals surface area contributed by atoms with E-state index in [0.29, 0.717) is 35.7 Å². The third-order valence-electron chi connectivity index (χ3n) is 6.84. The van der Waals surface area contributed by atoms with E-state index in [2.05, 4.69) is 10.6 Å². The van der Waals surface area contributed by atoms with E-state index in [4.69, 9.17) is 9.47 Å². The molecule has 0 aliphatic carbocycles. The molecule has 0 spiro atoms. The van der Waals surface area contributed by atoms with Crippen molar-refractivity contribution in [3.63, 3.8) is 0 Å². The van der Waals surface area contributed by atoms with Crippen molar-refractivity contribution < 1.29 is 34.0 Å². The minimum absolute atomic E-state index is 0.318. The molecule has 4 atom stereocenters. The van der Waals surface area contributed by atoms with Gasteiger partial charge >= 0.3 is 0 Å². The molecular formula is C27H29FN2O6. The Balaban J connectivity index is 1.30. The van der Waals surface area contributed by atoms with Crippen molar-refractivity contribution >= 4 is 22.7 Å². The number of carbonyl (C=O) groups is 1. The molecule has 3 aliphatic heterocycles. The van der Waals surface area contributed by atoms with Crippen molar-refractivity contribution in [1.82, 2.24) is 5.32 Å². The van der Waals surface area contributed by atoms with Gasteiger partial charge in [0.2, 0.25) is 0 Å². The van der Waals surface area contributed by atoms with Gasteiger partial charge in [0.15, 0.2) is 0 Å². The zero-order valence-electron chi connectivity index (χ0n) is 20.0. The number of carbonyl (C=O) groups excluding carboxylic acids is 1. The van der Waals surface area contributed by atoms with Crippen molar-refractivity contribution in [3.8, 4) is 0 Å². The van der Waals surface area contributed by atoms with Crippen LogP contribution in [0.3, 0.4) is 0 Å². The van der Waals surface area contributed by atoms with Crippen LogP contribution in [0.2, 0.25) is 0 Å². The number of halogens is 1. The van der Waals surface area contributed by atoms with Gasteiger partial charge in [-0.2, -0.15) is 0 Å². The molecule has 1 fully saturated rings. The number of nitrogens with one attached hydrogen (secondary N) is 2. The smallest absolute Gasteiger partial charge is 0.260 e. The van der Waals surface area contributed by atoms with E-state index in [1.54, 1.807) is 6.07 Å². The monoisotopic (exact) mass is 496 g/mol. The number of rotatable bonds is 6. The summed E-state index contributed by atoms with van der Waals surface area (Å²) in [6.07, 6.45) is -1.70. The molecule has 190 valence electrons. The second kappa shape index (κ2) is 9.42. The average Bonchev–Trinajstić information content (AvgIpc) is 3.44. The van der Waals surface area contributed by atoms with Crippen LogP contribution in [0.4, 0.5) is 10.1 Å². The SMILES string of the molecule is CC1(C)OC(=C2C(=O)Nc3ccc(F)cc32)C=C1c1ccc(CNC[C@H]2O[C@H](CO)[C@@H](O)[C@@H]2O)cc1. The number of allylic oxidation sites excluding steroid dienone is 1. The predicted molar refractivity (Wildman–Crippen MR) is 131 cm³/mol. The molecule has 2 aromatic carbocycles. The molecule has 0 bridgehead atoms. The lowest BCUT2D eigenvalue weighted by Crippen LogP contribution is -2.38. The molecule has 5 N–H and O–H groups in total. The fourth-order valence-corrected chi connectivity index (χ4v) is 4.91. The van der Waals surface area contributed by atoms with Gasteiger partial charge in [-0.15, -0.1) is 0 Å². The number of hydrogen-bond donors (Lipinski definition) is 5. The Morgan fingerprint density at radius 3 is 2.50 bits per heavy atom. The Bertz CT molecular complexity index is 1240. The van der Waals surface area contributed by atoms with Crippen LogP contribution in [0, 0.1) is 5.82 Å². The first-order chi connectivity index (χ1) is 17.2. The number of hydrogen-bond acceptors (Lipinski definition) is 7. The molecule has 5 rings (SSSR count). The maximum Gasteiger partial charge on any atom is 0.260 e. The Kier molecular flexibility index (Phi) is 6.44. The summed E-state index contributed by atoms with van der Waals surface area (Å²) in [6.45, 7) is 4.33. The van der Waals surface area contributed by atoms with Crippen molar-refractivity contribution in [1.29, 1.82) is 0 Å². The quantitative estimate of drug-likeness (QED) is 0.388. The Morgan fingerprint density at radius 1 is 1.08 bits per heavy atom. The average molecular weight is 497 g/mol. The lowest BCUT2D eigenvalue weighted by atomic mass is 9.91. The van der Waals surface area contributed by atoms with Crippen LogP contribution in [-0.4, -0.2) is 64.4 Å². The zero-order valence-corrected chi connectivity index (χ0v) is 20.0. The molecule has 8 nitrogen and oxygen atoms in total. The van der Waals surface area contributed by atoms with E-state index >= 15 is 0 Å². The predicted octanol–water partition coefficient (Wildman–Crippen LogP) is 1.95. The molecular weight excluding hydrogens is 467 g/mol. The fourth-order valence-electron chi connectivity index (χ4n) is 4.91. The molecule has 9 heteroatoms. The maximum absolute atomic E-state index is 13.9. The normalized spacial score (nSPS) is 28.6. The number of aliphatic hydroxyl groups is 3. The summed E-state index contributed by atoms with van der Waals surface area (Å²) in [7, 11) is 0. The molecule has 0 aromatic heterocycles. The van der Waals surface area contributed by atoms with E-state index in [0.717, 1.165) is 16.7 Å². The van der Waals surface area contributed by atoms with Crippen molar-refractivity contribution in [2.75, 3.05) is 18.5 Å². The highest BCUT2D eigenvalue weighted by molar-refractivity contribution is 6.32. The lowest BCUT2D eigenvalue weighted by Gasteiger charge is -2.23. The van der Waals surface area contributed by atoms with Gasteiger partial charge in [0.25, 0.3) is 5.91 Å². The largest absolute Gasteiger partial charge is 0.482 e.